The maximum atomic E-state index is 7.07. The Morgan fingerprint density at radius 1 is 0.474 bits per heavy atom. The summed E-state index contributed by atoms with van der Waals surface area (Å²) in [6, 6.07) is 66.0. The third-order valence-electron chi connectivity index (χ3n) is 11.8. The van der Waals surface area contributed by atoms with E-state index < -0.39 is 11.6 Å². The average Bonchev–Trinajstić information content (AvgIpc) is 3.80. The van der Waals surface area contributed by atoms with Crippen LogP contribution in [0.3, 0.4) is 0 Å². The summed E-state index contributed by atoms with van der Waals surface area (Å²) < 4.78 is 13.4. The van der Waals surface area contributed by atoms with Crippen molar-refractivity contribution in [3.05, 3.63) is 227 Å². The van der Waals surface area contributed by atoms with Gasteiger partial charge in [0.2, 0.25) is 0 Å². The first-order valence-electron chi connectivity index (χ1n) is 19.4. The summed E-state index contributed by atoms with van der Waals surface area (Å²) in [7, 11) is 0. The normalized spacial score (nSPS) is 15.8. The highest BCUT2D eigenvalue weighted by atomic mass is 16.5. The van der Waals surface area contributed by atoms with Crippen molar-refractivity contribution in [1.29, 1.82) is 0 Å². The lowest BCUT2D eigenvalue weighted by Crippen LogP contribution is -2.33. The Hall–Kier alpha value is -7.50. The van der Waals surface area contributed by atoms with Crippen molar-refractivity contribution in [3.8, 4) is 33.8 Å². The zero-order valence-corrected chi connectivity index (χ0v) is 30.7. The second-order valence-electron chi connectivity index (χ2n) is 14.8. The molecule has 1 spiro atoms. The summed E-state index contributed by atoms with van der Waals surface area (Å²) >= 11 is 0. The van der Waals surface area contributed by atoms with Crippen LogP contribution in [-0.4, -0.2) is 11.7 Å². The van der Waals surface area contributed by atoms with E-state index in [0.717, 1.165) is 78.2 Å². The Bertz CT molecular complexity index is 3110. The number of ether oxygens (including phenoxy) is 1. The van der Waals surface area contributed by atoms with E-state index in [0.29, 0.717) is 5.84 Å². The molecule has 1 unspecified atom stereocenters. The third kappa shape index (κ3) is 4.63. The van der Waals surface area contributed by atoms with E-state index in [9.17, 15) is 0 Å². The molecule has 5 heteroatoms. The average molecular weight is 732 g/mol. The number of rotatable bonds is 4. The van der Waals surface area contributed by atoms with E-state index in [2.05, 4.69) is 157 Å². The molecule has 0 radical (unpaired) electrons. The van der Waals surface area contributed by atoms with Crippen molar-refractivity contribution >= 4 is 33.6 Å². The van der Waals surface area contributed by atoms with Gasteiger partial charge < -0.3 is 14.5 Å². The molecule has 0 amide bonds. The van der Waals surface area contributed by atoms with Gasteiger partial charge in [0, 0.05) is 44.2 Å². The number of amidine groups is 2. The van der Waals surface area contributed by atoms with Gasteiger partial charge in [-0.3, -0.25) is 0 Å². The monoisotopic (exact) mass is 731 g/mol. The molecule has 8 aromatic carbocycles. The van der Waals surface area contributed by atoms with Crippen molar-refractivity contribution in [2.24, 2.45) is 9.98 Å². The molecular weight excluding hydrogens is 699 g/mol. The maximum absolute atomic E-state index is 7.07. The fraction of sp³-hybridized carbons (Fsp3) is 0.0385. The van der Waals surface area contributed by atoms with Gasteiger partial charge in [0.1, 0.15) is 34.7 Å². The van der Waals surface area contributed by atoms with Crippen LogP contribution in [0.15, 0.2) is 202 Å². The smallest absolute Gasteiger partial charge is 0.160 e. The zero-order chi connectivity index (χ0) is 37.5. The quantitative estimate of drug-likeness (QED) is 0.196. The van der Waals surface area contributed by atoms with Gasteiger partial charge in [-0.05, 0) is 46.0 Å². The number of aliphatic imine (C=N–C) groups is 2. The van der Waals surface area contributed by atoms with Crippen molar-refractivity contribution in [3.63, 3.8) is 0 Å². The lowest BCUT2D eigenvalue weighted by atomic mass is 9.65. The zero-order valence-electron chi connectivity index (χ0n) is 30.7. The van der Waals surface area contributed by atoms with E-state index in [-0.39, 0.29) is 0 Å². The minimum absolute atomic E-state index is 0.416. The molecule has 1 aliphatic carbocycles. The van der Waals surface area contributed by atoms with Gasteiger partial charge in [0.25, 0.3) is 0 Å². The summed E-state index contributed by atoms with van der Waals surface area (Å²) in [4.78, 5) is 10.6. The van der Waals surface area contributed by atoms with Crippen LogP contribution in [0.2, 0.25) is 0 Å². The number of furan rings is 1. The van der Waals surface area contributed by atoms with Crippen LogP contribution in [0.5, 0.6) is 11.5 Å². The van der Waals surface area contributed by atoms with Gasteiger partial charge in [-0.15, -0.1) is 0 Å². The highest BCUT2D eigenvalue weighted by Crippen LogP contribution is 2.63. The van der Waals surface area contributed by atoms with Crippen molar-refractivity contribution in [2.45, 2.75) is 11.6 Å². The number of nitrogens with one attached hydrogen (secondary N) is 1. The fourth-order valence-electron chi connectivity index (χ4n) is 9.40. The minimum atomic E-state index is -0.562. The second kappa shape index (κ2) is 12.3. The van der Waals surface area contributed by atoms with Crippen LogP contribution in [-0.2, 0) is 5.41 Å². The summed E-state index contributed by atoms with van der Waals surface area (Å²) in [5.74, 6) is 3.08. The number of para-hydroxylation sites is 3. The van der Waals surface area contributed by atoms with Crippen molar-refractivity contribution < 1.29 is 9.15 Å². The highest BCUT2D eigenvalue weighted by Gasteiger charge is 2.51. The Morgan fingerprint density at radius 3 is 1.89 bits per heavy atom. The molecule has 1 aromatic heterocycles. The van der Waals surface area contributed by atoms with Crippen LogP contribution in [0.4, 0.5) is 0 Å². The number of hydrogen-bond donors (Lipinski definition) is 1. The topological polar surface area (TPSA) is 59.1 Å². The highest BCUT2D eigenvalue weighted by molar-refractivity contribution is 6.15. The molecule has 0 bridgehead atoms. The first-order valence-corrected chi connectivity index (χ1v) is 19.4. The predicted molar refractivity (Wildman–Crippen MR) is 228 cm³/mol. The molecule has 9 aromatic rings. The van der Waals surface area contributed by atoms with Crippen LogP contribution in [0.25, 0.3) is 44.2 Å². The van der Waals surface area contributed by atoms with E-state index in [1.54, 1.807) is 0 Å². The molecular formula is C52H33N3O2. The number of benzene rings is 8. The molecule has 0 fully saturated rings. The Balaban J connectivity index is 1.06. The fourth-order valence-corrected chi connectivity index (χ4v) is 9.40. The molecule has 0 saturated carbocycles. The summed E-state index contributed by atoms with van der Waals surface area (Å²) in [6.07, 6.45) is -0.416. The number of nitrogens with zero attached hydrogens (tertiary/aromatic N) is 2. The largest absolute Gasteiger partial charge is 0.456 e. The molecule has 268 valence electrons. The summed E-state index contributed by atoms with van der Waals surface area (Å²) in [6.45, 7) is 0. The van der Waals surface area contributed by atoms with Gasteiger partial charge in [-0.2, -0.15) is 0 Å². The summed E-state index contributed by atoms with van der Waals surface area (Å²) in [5.41, 5.74) is 13.3. The molecule has 12 rings (SSSR count). The predicted octanol–water partition coefficient (Wildman–Crippen LogP) is 12.2. The van der Waals surface area contributed by atoms with E-state index >= 15 is 0 Å². The Labute approximate surface area is 329 Å². The van der Waals surface area contributed by atoms with Gasteiger partial charge in [0.05, 0.1) is 5.41 Å². The van der Waals surface area contributed by atoms with Gasteiger partial charge in [-0.25, -0.2) is 9.98 Å². The van der Waals surface area contributed by atoms with Gasteiger partial charge in [0.15, 0.2) is 5.84 Å². The van der Waals surface area contributed by atoms with Gasteiger partial charge in [-0.1, -0.05) is 170 Å². The molecule has 1 atom stereocenters. The number of fused-ring (bicyclic) bond motifs is 12. The Kier molecular flexibility index (Phi) is 6.84. The van der Waals surface area contributed by atoms with Crippen LogP contribution in [0, 0.1) is 0 Å². The van der Waals surface area contributed by atoms with Crippen LogP contribution >= 0.6 is 0 Å². The van der Waals surface area contributed by atoms with Crippen molar-refractivity contribution in [2.75, 3.05) is 0 Å². The van der Waals surface area contributed by atoms with Gasteiger partial charge >= 0.3 is 0 Å². The summed E-state index contributed by atoms with van der Waals surface area (Å²) in [5, 5.41) is 5.83. The molecule has 57 heavy (non-hydrogen) atoms. The lowest BCUT2D eigenvalue weighted by molar-refractivity contribution is 0.438. The number of hydrogen-bond acceptors (Lipinski definition) is 5. The first-order chi connectivity index (χ1) is 28.3. The molecule has 3 heterocycles. The minimum Gasteiger partial charge on any atom is -0.456 e. The maximum Gasteiger partial charge on any atom is 0.160 e. The van der Waals surface area contributed by atoms with Crippen LogP contribution < -0.4 is 10.1 Å². The Morgan fingerprint density at radius 2 is 1.09 bits per heavy atom. The van der Waals surface area contributed by atoms with E-state index in [4.69, 9.17) is 19.1 Å². The molecule has 5 nitrogen and oxygen atoms in total. The standard InChI is InChI=1S/C52H33N3O2/c1-2-15-32(16-3-1)49-53-50(33-29-30-38-37-20-8-12-27-45(37)56-47(38)31-33)55-51(54-49)40-21-5-4-17-34(40)39-22-14-26-44-48(39)57-46-28-13-11-25-43(46)52(44)41-23-9-6-18-35(41)36-19-7-10-24-42(36)52/h1-31,50H,(H,53,54,55). The first kappa shape index (κ1) is 31.8. The van der Waals surface area contributed by atoms with Crippen LogP contribution in [0.1, 0.15) is 45.1 Å². The van der Waals surface area contributed by atoms with Crippen molar-refractivity contribution in [1.82, 2.24) is 5.32 Å². The lowest BCUT2D eigenvalue weighted by Gasteiger charge is -2.40. The molecule has 0 saturated heterocycles. The molecule has 1 N–H and O–H groups in total. The SMILES string of the molecule is c1ccc(C2=NC(c3ccccc3-c3cccc4c3Oc3ccccc3C43c4ccccc4-c4ccccc43)=NC(c3ccc4c(c3)oc3ccccc34)N2)cc1. The third-order valence-corrected chi connectivity index (χ3v) is 11.8. The van der Waals surface area contributed by atoms with E-state index in [1.165, 1.54) is 22.3 Å². The second-order valence-corrected chi connectivity index (χ2v) is 14.8. The molecule has 2 aliphatic heterocycles. The van der Waals surface area contributed by atoms with E-state index in [1.807, 2.05) is 36.4 Å². The molecule has 3 aliphatic rings.